The number of benzene rings is 1. The lowest BCUT2D eigenvalue weighted by Crippen LogP contribution is -2.48. The van der Waals surface area contributed by atoms with Crippen molar-refractivity contribution in [3.63, 3.8) is 0 Å². The van der Waals surface area contributed by atoms with E-state index in [2.05, 4.69) is 4.90 Å². The predicted molar refractivity (Wildman–Crippen MR) is 101 cm³/mol. The molecule has 1 aromatic carbocycles. The molecule has 0 unspecified atom stereocenters. The molecule has 4 aliphatic rings. The van der Waals surface area contributed by atoms with Crippen molar-refractivity contribution in [2.75, 3.05) is 31.1 Å². The van der Waals surface area contributed by atoms with E-state index < -0.39 is 0 Å². The van der Waals surface area contributed by atoms with Crippen LogP contribution in [0, 0.1) is 11.8 Å². The Bertz CT molecular complexity index is 632. The second kappa shape index (κ2) is 7.40. The predicted octanol–water partition coefficient (Wildman–Crippen LogP) is 2.89. The number of fused-ring (bicyclic) bond motifs is 4. The molecule has 3 heterocycles. The first-order valence-electron chi connectivity index (χ1n) is 9.42. The second-order valence-corrected chi connectivity index (χ2v) is 8.71. The maximum atomic E-state index is 12.8. The Balaban J connectivity index is 1.39. The van der Waals surface area contributed by atoms with Crippen LogP contribution in [-0.2, 0) is 4.79 Å². The van der Waals surface area contributed by atoms with Crippen LogP contribution in [0.5, 0.6) is 0 Å². The summed E-state index contributed by atoms with van der Waals surface area (Å²) in [5, 5.41) is 0. The van der Waals surface area contributed by atoms with Crippen molar-refractivity contribution >= 4 is 23.6 Å². The van der Waals surface area contributed by atoms with Crippen molar-refractivity contribution in [1.29, 1.82) is 0 Å². The molecule has 1 saturated carbocycles. The minimum atomic E-state index is 0.106. The van der Waals surface area contributed by atoms with Crippen LogP contribution in [0.15, 0.2) is 30.3 Å². The maximum absolute atomic E-state index is 12.8. The largest absolute Gasteiger partial charge is 0.337 e. The molecule has 0 radical (unpaired) electrons. The molecule has 2 bridgehead atoms. The first-order chi connectivity index (χ1) is 12.2. The quantitative estimate of drug-likeness (QED) is 0.813. The Morgan fingerprint density at radius 1 is 1.00 bits per heavy atom. The van der Waals surface area contributed by atoms with E-state index in [1.165, 1.54) is 12.8 Å². The molecule has 3 aliphatic heterocycles. The molecule has 2 atom stereocenters. The molecule has 5 rings (SSSR count). The van der Waals surface area contributed by atoms with Crippen LogP contribution in [0.2, 0.25) is 0 Å². The lowest BCUT2D eigenvalue weighted by molar-refractivity contribution is -0.132. The van der Waals surface area contributed by atoms with Crippen molar-refractivity contribution in [3.8, 4) is 0 Å². The number of amides is 2. The van der Waals surface area contributed by atoms with E-state index in [9.17, 15) is 9.59 Å². The molecular weight excluding hydrogens is 332 g/mol. The zero-order valence-electron chi connectivity index (χ0n) is 14.6. The summed E-state index contributed by atoms with van der Waals surface area (Å²) in [6, 6.07) is 9.71. The van der Waals surface area contributed by atoms with Crippen molar-refractivity contribution in [2.45, 2.75) is 31.7 Å². The van der Waals surface area contributed by atoms with E-state index in [1.807, 2.05) is 35.2 Å². The minimum absolute atomic E-state index is 0.106. The van der Waals surface area contributed by atoms with Crippen molar-refractivity contribution < 1.29 is 9.59 Å². The molecule has 0 N–H and O–H groups in total. The third-order valence-electron chi connectivity index (χ3n) is 5.62. The van der Waals surface area contributed by atoms with E-state index in [4.69, 9.17) is 0 Å². The third kappa shape index (κ3) is 4.02. The van der Waals surface area contributed by atoms with Crippen LogP contribution < -0.4 is 0 Å². The molecule has 25 heavy (non-hydrogen) atoms. The SMILES string of the molecule is O=C(c1ccccc1)N1C[C@H]2CC[C@@H](C1)N(C(=O)CSCC1CC1)C2. The first kappa shape index (κ1) is 17.0. The number of carbonyl (C=O) groups excluding carboxylic acids is 2. The molecule has 4 fully saturated rings. The summed E-state index contributed by atoms with van der Waals surface area (Å²) in [6.45, 7) is 2.29. The van der Waals surface area contributed by atoms with Gasteiger partial charge >= 0.3 is 0 Å². The Morgan fingerprint density at radius 3 is 2.56 bits per heavy atom. The highest BCUT2D eigenvalue weighted by atomic mass is 32.2. The number of hydrogen-bond acceptors (Lipinski definition) is 3. The van der Waals surface area contributed by atoms with Gasteiger partial charge < -0.3 is 9.80 Å². The number of thioether (sulfide) groups is 1. The Kier molecular flexibility index (Phi) is 5.02. The Morgan fingerprint density at radius 2 is 1.80 bits per heavy atom. The van der Waals surface area contributed by atoms with Gasteiger partial charge in [0, 0.05) is 31.2 Å². The fourth-order valence-corrected chi connectivity index (χ4v) is 5.12. The molecule has 1 aliphatic carbocycles. The number of hydrogen-bond donors (Lipinski definition) is 0. The normalized spacial score (nSPS) is 25.8. The molecule has 0 spiro atoms. The van der Waals surface area contributed by atoms with Gasteiger partial charge in [0.15, 0.2) is 0 Å². The molecular formula is C20H26N2O2S. The molecule has 134 valence electrons. The summed E-state index contributed by atoms with van der Waals surface area (Å²) >= 11 is 1.79. The van der Waals surface area contributed by atoms with Crippen molar-refractivity contribution in [2.24, 2.45) is 11.8 Å². The van der Waals surface area contributed by atoms with E-state index in [0.29, 0.717) is 18.2 Å². The summed E-state index contributed by atoms with van der Waals surface area (Å²) in [5.74, 6) is 3.39. The van der Waals surface area contributed by atoms with Crippen LogP contribution in [0.25, 0.3) is 0 Å². The van der Waals surface area contributed by atoms with E-state index in [0.717, 1.165) is 43.2 Å². The van der Waals surface area contributed by atoms with Gasteiger partial charge in [0.05, 0.1) is 5.75 Å². The van der Waals surface area contributed by atoms with Crippen LogP contribution in [0.3, 0.4) is 0 Å². The Labute approximate surface area is 153 Å². The summed E-state index contributed by atoms with van der Waals surface area (Å²) in [6.07, 6.45) is 4.84. The van der Waals surface area contributed by atoms with Crippen LogP contribution in [-0.4, -0.2) is 58.8 Å². The van der Waals surface area contributed by atoms with Gasteiger partial charge in [0.2, 0.25) is 5.91 Å². The number of carbonyl (C=O) groups is 2. The fraction of sp³-hybridized carbons (Fsp3) is 0.600. The standard InChI is InChI=1S/C20H26N2O2S/c23-19(14-25-13-15-6-7-15)22-11-16-8-9-18(22)12-21(10-16)20(24)17-4-2-1-3-5-17/h1-5,15-16,18H,6-14H2/t16-,18+/m1/s1. The maximum Gasteiger partial charge on any atom is 0.253 e. The summed E-state index contributed by atoms with van der Waals surface area (Å²) in [5.41, 5.74) is 0.752. The van der Waals surface area contributed by atoms with Crippen LogP contribution in [0.4, 0.5) is 0 Å². The van der Waals surface area contributed by atoms with Gasteiger partial charge in [-0.05, 0) is 55.4 Å². The third-order valence-corrected chi connectivity index (χ3v) is 6.78. The lowest BCUT2D eigenvalue weighted by Gasteiger charge is -2.36. The zero-order chi connectivity index (χ0) is 17.2. The van der Waals surface area contributed by atoms with Gasteiger partial charge in [-0.15, -0.1) is 0 Å². The monoisotopic (exact) mass is 358 g/mol. The highest BCUT2D eigenvalue weighted by Crippen LogP contribution is 2.33. The molecule has 5 heteroatoms. The van der Waals surface area contributed by atoms with Crippen LogP contribution >= 0.6 is 11.8 Å². The van der Waals surface area contributed by atoms with Crippen molar-refractivity contribution in [3.05, 3.63) is 35.9 Å². The number of piperidine rings is 1. The first-order valence-corrected chi connectivity index (χ1v) is 10.6. The topological polar surface area (TPSA) is 40.6 Å². The molecule has 0 aromatic heterocycles. The van der Waals surface area contributed by atoms with E-state index >= 15 is 0 Å². The Hall–Kier alpha value is -1.49. The van der Waals surface area contributed by atoms with Gasteiger partial charge in [-0.2, -0.15) is 11.8 Å². The smallest absolute Gasteiger partial charge is 0.253 e. The van der Waals surface area contributed by atoms with Gasteiger partial charge in [0.1, 0.15) is 0 Å². The van der Waals surface area contributed by atoms with Gasteiger partial charge in [0.25, 0.3) is 5.91 Å². The highest BCUT2D eigenvalue weighted by molar-refractivity contribution is 7.99. The van der Waals surface area contributed by atoms with Crippen LogP contribution in [0.1, 0.15) is 36.0 Å². The summed E-state index contributed by atoms with van der Waals surface area (Å²) in [7, 11) is 0. The zero-order valence-corrected chi connectivity index (χ0v) is 15.4. The molecule has 4 nitrogen and oxygen atoms in total. The second-order valence-electron chi connectivity index (χ2n) is 7.68. The van der Waals surface area contributed by atoms with Gasteiger partial charge in [-0.3, -0.25) is 9.59 Å². The van der Waals surface area contributed by atoms with E-state index in [1.54, 1.807) is 11.8 Å². The molecule has 3 saturated heterocycles. The molecule has 2 amide bonds. The van der Waals surface area contributed by atoms with Gasteiger partial charge in [-0.25, -0.2) is 0 Å². The summed E-state index contributed by atoms with van der Waals surface area (Å²) in [4.78, 5) is 29.6. The average Bonchev–Trinajstić information content (AvgIpc) is 3.48. The highest BCUT2D eigenvalue weighted by Gasteiger charge is 2.38. The average molecular weight is 359 g/mol. The number of rotatable bonds is 5. The lowest BCUT2D eigenvalue weighted by atomic mass is 9.95. The van der Waals surface area contributed by atoms with E-state index in [-0.39, 0.29) is 17.9 Å². The molecule has 1 aromatic rings. The minimum Gasteiger partial charge on any atom is -0.337 e. The van der Waals surface area contributed by atoms with Crippen molar-refractivity contribution in [1.82, 2.24) is 9.80 Å². The fourth-order valence-electron chi connectivity index (χ4n) is 4.00. The number of nitrogens with zero attached hydrogens (tertiary/aromatic N) is 2. The van der Waals surface area contributed by atoms with Gasteiger partial charge in [-0.1, -0.05) is 18.2 Å². The summed E-state index contributed by atoms with van der Waals surface area (Å²) < 4.78 is 0.